The van der Waals surface area contributed by atoms with Gasteiger partial charge in [-0.3, -0.25) is 0 Å². The minimum Gasteiger partial charge on any atom is -0.306 e. The molecule has 1 aromatic carbocycles. The predicted molar refractivity (Wildman–Crippen MR) is 62.1 cm³/mol. The maximum absolute atomic E-state index is 4.62. The fourth-order valence-electron chi connectivity index (χ4n) is 1.93. The third-order valence-corrected chi connectivity index (χ3v) is 2.76. The Morgan fingerprint density at radius 2 is 2.07 bits per heavy atom. The van der Waals surface area contributed by atoms with Crippen molar-refractivity contribution in [3.05, 3.63) is 48.4 Å². The topological polar surface area (TPSA) is 17.3 Å². The summed E-state index contributed by atoms with van der Waals surface area (Å²) in [6, 6.07) is 10.5. The third kappa shape index (κ3) is 1.22. The van der Waals surface area contributed by atoms with Crippen LogP contribution in [0.15, 0.2) is 42.7 Å². The van der Waals surface area contributed by atoms with Gasteiger partial charge in [-0.05, 0) is 17.9 Å². The highest BCUT2D eigenvalue weighted by atomic mass is 15.0. The second-order valence-electron chi connectivity index (χ2n) is 3.72. The van der Waals surface area contributed by atoms with Crippen LogP contribution in [-0.4, -0.2) is 9.38 Å². The quantitative estimate of drug-likeness (QED) is 0.584. The Bertz CT molecular complexity index is 623. The zero-order valence-corrected chi connectivity index (χ0v) is 8.64. The van der Waals surface area contributed by atoms with Gasteiger partial charge < -0.3 is 4.40 Å². The molecule has 0 atom stereocenters. The van der Waals surface area contributed by atoms with Crippen LogP contribution in [0.1, 0.15) is 12.6 Å². The van der Waals surface area contributed by atoms with E-state index in [0.717, 1.165) is 17.8 Å². The molecule has 2 nitrogen and oxygen atoms in total. The number of nitrogens with zero attached hydrogens (tertiary/aromatic N) is 2. The second kappa shape index (κ2) is 3.09. The largest absolute Gasteiger partial charge is 0.306 e. The normalized spacial score (nSPS) is 11.3. The molecule has 0 N–H and O–H groups in total. The molecule has 74 valence electrons. The van der Waals surface area contributed by atoms with E-state index < -0.39 is 0 Å². The summed E-state index contributed by atoms with van der Waals surface area (Å²) in [5, 5.41) is 2.47. The molecule has 0 spiro atoms. The minimum atomic E-state index is 0.982. The third-order valence-electron chi connectivity index (χ3n) is 2.76. The molecule has 3 aromatic rings. The molecule has 0 radical (unpaired) electrons. The molecule has 0 saturated carbocycles. The Hall–Kier alpha value is -1.83. The lowest BCUT2D eigenvalue weighted by Gasteiger charge is -1.98. The van der Waals surface area contributed by atoms with Gasteiger partial charge in [0, 0.05) is 17.8 Å². The van der Waals surface area contributed by atoms with E-state index >= 15 is 0 Å². The van der Waals surface area contributed by atoms with Crippen LogP contribution >= 0.6 is 0 Å². The van der Waals surface area contributed by atoms with E-state index in [1.165, 1.54) is 10.8 Å². The average molecular weight is 196 g/mol. The summed E-state index contributed by atoms with van der Waals surface area (Å²) in [5.74, 6) is 0. The van der Waals surface area contributed by atoms with E-state index in [1.807, 2.05) is 0 Å². The highest BCUT2D eigenvalue weighted by Crippen LogP contribution is 2.19. The van der Waals surface area contributed by atoms with Crippen molar-refractivity contribution in [3.63, 3.8) is 0 Å². The van der Waals surface area contributed by atoms with Crippen molar-refractivity contribution in [1.82, 2.24) is 9.38 Å². The van der Waals surface area contributed by atoms with Crippen LogP contribution in [0, 0.1) is 0 Å². The minimum absolute atomic E-state index is 0.982. The lowest BCUT2D eigenvalue weighted by atomic mass is 10.2. The Labute approximate surface area is 88.2 Å². The van der Waals surface area contributed by atoms with Gasteiger partial charge in [0.1, 0.15) is 5.65 Å². The van der Waals surface area contributed by atoms with Crippen molar-refractivity contribution in [2.75, 3.05) is 0 Å². The van der Waals surface area contributed by atoms with Crippen molar-refractivity contribution in [1.29, 1.82) is 0 Å². The van der Waals surface area contributed by atoms with Crippen molar-refractivity contribution in [2.24, 2.45) is 0 Å². The van der Waals surface area contributed by atoms with E-state index in [1.54, 1.807) is 0 Å². The van der Waals surface area contributed by atoms with Gasteiger partial charge in [-0.25, -0.2) is 4.98 Å². The van der Waals surface area contributed by atoms with Gasteiger partial charge in [-0.15, -0.1) is 0 Å². The molecule has 0 fully saturated rings. The number of hydrogen-bond donors (Lipinski definition) is 0. The molecular weight excluding hydrogens is 184 g/mol. The molecule has 0 saturated heterocycles. The molecular formula is C13H12N2. The van der Waals surface area contributed by atoms with Gasteiger partial charge in [-0.1, -0.05) is 31.2 Å². The number of benzene rings is 1. The van der Waals surface area contributed by atoms with Crippen LogP contribution in [0.2, 0.25) is 0 Å². The van der Waals surface area contributed by atoms with Crippen molar-refractivity contribution >= 4 is 16.4 Å². The zero-order chi connectivity index (χ0) is 10.3. The predicted octanol–water partition coefficient (Wildman–Crippen LogP) is 3.05. The van der Waals surface area contributed by atoms with Crippen LogP contribution in [0.25, 0.3) is 16.4 Å². The monoisotopic (exact) mass is 196 g/mol. The van der Waals surface area contributed by atoms with Gasteiger partial charge in [-0.2, -0.15) is 0 Å². The summed E-state index contributed by atoms with van der Waals surface area (Å²) >= 11 is 0. The van der Waals surface area contributed by atoms with Crippen LogP contribution in [0.3, 0.4) is 0 Å². The van der Waals surface area contributed by atoms with Crippen molar-refractivity contribution < 1.29 is 0 Å². The average Bonchev–Trinajstić information content (AvgIpc) is 2.72. The SMILES string of the molecule is CCc1cn2ccc3ccccc3c2n1. The van der Waals surface area contributed by atoms with Gasteiger partial charge in [0.2, 0.25) is 0 Å². The molecule has 0 bridgehead atoms. The molecule has 0 aliphatic rings. The van der Waals surface area contributed by atoms with Crippen LogP contribution in [0.5, 0.6) is 0 Å². The number of fused-ring (bicyclic) bond motifs is 3. The molecule has 2 aromatic heterocycles. The maximum Gasteiger partial charge on any atom is 0.144 e. The summed E-state index contributed by atoms with van der Waals surface area (Å²) in [5.41, 5.74) is 2.20. The van der Waals surface area contributed by atoms with Crippen LogP contribution in [-0.2, 0) is 6.42 Å². The van der Waals surface area contributed by atoms with Crippen LogP contribution in [0.4, 0.5) is 0 Å². The number of aromatic nitrogens is 2. The van der Waals surface area contributed by atoms with E-state index in [0.29, 0.717) is 0 Å². The highest BCUT2D eigenvalue weighted by molar-refractivity contribution is 5.93. The molecule has 0 amide bonds. The van der Waals surface area contributed by atoms with Crippen molar-refractivity contribution in [2.45, 2.75) is 13.3 Å². The molecule has 2 heteroatoms. The summed E-state index contributed by atoms with van der Waals surface area (Å²) in [6.45, 7) is 2.13. The number of hydrogen-bond acceptors (Lipinski definition) is 1. The molecule has 2 heterocycles. The smallest absolute Gasteiger partial charge is 0.144 e. The fourth-order valence-corrected chi connectivity index (χ4v) is 1.93. The first-order valence-electron chi connectivity index (χ1n) is 5.24. The van der Waals surface area contributed by atoms with E-state index in [2.05, 4.69) is 59.0 Å². The Morgan fingerprint density at radius 1 is 1.20 bits per heavy atom. The Morgan fingerprint density at radius 3 is 2.93 bits per heavy atom. The standard InChI is InChI=1S/C13H12N2/c1-2-11-9-15-8-7-10-5-3-4-6-12(10)13(15)14-11/h3-9H,2H2,1H3. The molecule has 3 rings (SSSR count). The van der Waals surface area contributed by atoms with E-state index in [-0.39, 0.29) is 0 Å². The van der Waals surface area contributed by atoms with Crippen molar-refractivity contribution in [3.8, 4) is 0 Å². The Balaban J connectivity index is 2.47. The Kier molecular flexibility index (Phi) is 1.75. The number of pyridine rings is 1. The first kappa shape index (κ1) is 8.48. The lowest BCUT2D eigenvalue weighted by molar-refractivity contribution is 1.07. The summed E-state index contributed by atoms with van der Waals surface area (Å²) in [7, 11) is 0. The highest BCUT2D eigenvalue weighted by Gasteiger charge is 2.03. The summed E-state index contributed by atoms with van der Waals surface area (Å²) in [6.07, 6.45) is 5.15. The molecule has 0 unspecified atom stereocenters. The van der Waals surface area contributed by atoms with Crippen LogP contribution < -0.4 is 0 Å². The summed E-state index contributed by atoms with van der Waals surface area (Å²) < 4.78 is 2.10. The number of imidazole rings is 1. The van der Waals surface area contributed by atoms with E-state index in [4.69, 9.17) is 0 Å². The molecule has 0 aliphatic carbocycles. The van der Waals surface area contributed by atoms with Gasteiger partial charge in [0.05, 0.1) is 5.69 Å². The maximum atomic E-state index is 4.62. The number of rotatable bonds is 1. The van der Waals surface area contributed by atoms with Gasteiger partial charge in [0.25, 0.3) is 0 Å². The fraction of sp³-hybridized carbons (Fsp3) is 0.154. The summed E-state index contributed by atoms with van der Waals surface area (Å²) in [4.78, 5) is 4.62. The van der Waals surface area contributed by atoms with E-state index in [9.17, 15) is 0 Å². The first-order valence-corrected chi connectivity index (χ1v) is 5.24. The molecule has 0 aliphatic heterocycles. The zero-order valence-electron chi connectivity index (χ0n) is 8.64. The molecule has 15 heavy (non-hydrogen) atoms. The van der Waals surface area contributed by atoms with Gasteiger partial charge in [0.15, 0.2) is 0 Å². The second-order valence-corrected chi connectivity index (χ2v) is 3.72. The number of aryl methyl sites for hydroxylation is 1. The van der Waals surface area contributed by atoms with Gasteiger partial charge >= 0.3 is 0 Å². The lowest BCUT2D eigenvalue weighted by Crippen LogP contribution is -1.83. The first-order chi connectivity index (χ1) is 7.38.